The van der Waals surface area contributed by atoms with Crippen molar-refractivity contribution in [1.29, 1.82) is 0 Å². The molecule has 0 fully saturated rings. The molecule has 0 aliphatic carbocycles. The predicted molar refractivity (Wildman–Crippen MR) is 76.7 cm³/mol. The van der Waals surface area contributed by atoms with Gasteiger partial charge in [0.05, 0.1) is 11.3 Å². The second-order valence-electron chi connectivity index (χ2n) is 4.08. The second kappa shape index (κ2) is 4.74. The summed E-state index contributed by atoms with van der Waals surface area (Å²) in [6.07, 6.45) is 3.47. The predicted octanol–water partition coefficient (Wildman–Crippen LogP) is 3.37. The van der Waals surface area contributed by atoms with Crippen LogP contribution in [0, 0.1) is 0 Å². The van der Waals surface area contributed by atoms with Gasteiger partial charge in [0.25, 0.3) is 0 Å². The van der Waals surface area contributed by atoms with Crippen molar-refractivity contribution in [2.75, 3.05) is 5.73 Å². The van der Waals surface area contributed by atoms with Gasteiger partial charge in [-0.2, -0.15) is 5.10 Å². The average molecular weight is 271 g/mol. The molecular formula is C14H11ClN4. The number of aromatic nitrogens is 3. The number of anilines is 1. The zero-order chi connectivity index (χ0) is 13.2. The van der Waals surface area contributed by atoms with Crippen LogP contribution in [0.15, 0.2) is 48.8 Å². The molecule has 2 aromatic heterocycles. The SMILES string of the molecule is Nc1n[nH]c(-c2ccccc2Cl)c1-c1cccnc1. The highest BCUT2D eigenvalue weighted by Crippen LogP contribution is 2.37. The minimum atomic E-state index is 0.433. The van der Waals surface area contributed by atoms with Gasteiger partial charge in [-0.25, -0.2) is 0 Å². The minimum absolute atomic E-state index is 0.433. The highest BCUT2D eigenvalue weighted by molar-refractivity contribution is 6.33. The van der Waals surface area contributed by atoms with Crippen LogP contribution in [0.2, 0.25) is 5.02 Å². The molecule has 3 aromatic rings. The third-order valence-corrected chi connectivity index (χ3v) is 3.22. The second-order valence-corrected chi connectivity index (χ2v) is 4.49. The third kappa shape index (κ3) is 2.06. The Morgan fingerprint density at radius 3 is 2.68 bits per heavy atom. The van der Waals surface area contributed by atoms with Gasteiger partial charge in [0.1, 0.15) is 0 Å². The summed E-state index contributed by atoms with van der Waals surface area (Å²) in [7, 11) is 0. The van der Waals surface area contributed by atoms with Gasteiger partial charge in [0, 0.05) is 28.5 Å². The van der Waals surface area contributed by atoms with E-state index in [1.807, 2.05) is 36.4 Å². The van der Waals surface area contributed by atoms with Crippen molar-refractivity contribution in [3.63, 3.8) is 0 Å². The van der Waals surface area contributed by atoms with Crippen molar-refractivity contribution in [3.05, 3.63) is 53.8 Å². The Hall–Kier alpha value is -2.33. The summed E-state index contributed by atoms with van der Waals surface area (Å²) in [6.45, 7) is 0. The number of nitrogens with zero attached hydrogens (tertiary/aromatic N) is 2. The fraction of sp³-hybridized carbons (Fsp3) is 0. The van der Waals surface area contributed by atoms with E-state index in [4.69, 9.17) is 17.3 Å². The van der Waals surface area contributed by atoms with Crippen molar-refractivity contribution in [2.45, 2.75) is 0 Å². The van der Waals surface area contributed by atoms with Crippen molar-refractivity contribution in [1.82, 2.24) is 15.2 Å². The Labute approximate surface area is 115 Å². The molecule has 0 atom stereocenters. The molecule has 5 heteroatoms. The molecule has 1 aromatic carbocycles. The monoisotopic (exact) mass is 270 g/mol. The van der Waals surface area contributed by atoms with Crippen LogP contribution >= 0.6 is 11.6 Å². The topological polar surface area (TPSA) is 67.6 Å². The largest absolute Gasteiger partial charge is 0.382 e. The molecule has 2 heterocycles. The van der Waals surface area contributed by atoms with Crippen LogP contribution in [0.5, 0.6) is 0 Å². The van der Waals surface area contributed by atoms with E-state index in [2.05, 4.69) is 15.2 Å². The van der Waals surface area contributed by atoms with Gasteiger partial charge in [0.15, 0.2) is 5.82 Å². The Bertz CT molecular complexity index is 706. The van der Waals surface area contributed by atoms with Gasteiger partial charge < -0.3 is 5.73 Å². The minimum Gasteiger partial charge on any atom is -0.382 e. The molecule has 0 unspecified atom stereocenters. The Morgan fingerprint density at radius 1 is 1.11 bits per heavy atom. The van der Waals surface area contributed by atoms with Crippen LogP contribution in [0.3, 0.4) is 0 Å². The molecule has 0 aliphatic rings. The number of benzene rings is 1. The Balaban J connectivity index is 2.23. The molecule has 0 amide bonds. The Kier molecular flexibility index (Phi) is 2.93. The van der Waals surface area contributed by atoms with Gasteiger partial charge in [-0.1, -0.05) is 35.9 Å². The summed E-state index contributed by atoms with van der Waals surface area (Å²) in [5.74, 6) is 0.433. The summed E-state index contributed by atoms with van der Waals surface area (Å²) >= 11 is 6.22. The number of rotatable bonds is 2. The maximum Gasteiger partial charge on any atom is 0.153 e. The fourth-order valence-corrected chi connectivity index (χ4v) is 2.25. The highest BCUT2D eigenvalue weighted by atomic mass is 35.5. The van der Waals surface area contributed by atoms with Crippen molar-refractivity contribution in [2.24, 2.45) is 0 Å². The van der Waals surface area contributed by atoms with Crippen LogP contribution in [0.1, 0.15) is 0 Å². The van der Waals surface area contributed by atoms with Gasteiger partial charge in [0.2, 0.25) is 0 Å². The third-order valence-electron chi connectivity index (χ3n) is 2.89. The van der Waals surface area contributed by atoms with Crippen LogP contribution in [0.4, 0.5) is 5.82 Å². The number of aromatic amines is 1. The molecule has 3 N–H and O–H groups in total. The average Bonchev–Trinajstić information content (AvgIpc) is 2.82. The lowest BCUT2D eigenvalue weighted by atomic mass is 10.0. The van der Waals surface area contributed by atoms with Crippen molar-refractivity contribution in [3.8, 4) is 22.4 Å². The first-order valence-electron chi connectivity index (χ1n) is 5.76. The van der Waals surface area contributed by atoms with Gasteiger partial charge in [-0.15, -0.1) is 0 Å². The lowest BCUT2D eigenvalue weighted by Gasteiger charge is -2.05. The van der Waals surface area contributed by atoms with Gasteiger partial charge in [-0.05, 0) is 12.1 Å². The molecule has 0 saturated heterocycles. The van der Waals surface area contributed by atoms with E-state index in [9.17, 15) is 0 Å². The highest BCUT2D eigenvalue weighted by Gasteiger charge is 2.16. The number of hydrogen-bond acceptors (Lipinski definition) is 3. The van der Waals surface area contributed by atoms with Gasteiger partial charge >= 0.3 is 0 Å². The number of nitrogens with two attached hydrogens (primary N) is 1. The van der Waals surface area contributed by atoms with Crippen LogP contribution < -0.4 is 5.73 Å². The number of pyridine rings is 1. The number of H-pyrrole nitrogens is 1. The first-order valence-corrected chi connectivity index (χ1v) is 6.14. The van der Waals surface area contributed by atoms with E-state index in [-0.39, 0.29) is 0 Å². The maximum absolute atomic E-state index is 6.22. The number of nitrogens with one attached hydrogen (secondary N) is 1. The molecule has 0 spiro atoms. The smallest absolute Gasteiger partial charge is 0.153 e. The zero-order valence-electron chi connectivity index (χ0n) is 9.97. The molecule has 19 heavy (non-hydrogen) atoms. The van der Waals surface area contributed by atoms with E-state index in [1.165, 1.54) is 0 Å². The molecule has 3 rings (SSSR count). The summed E-state index contributed by atoms with van der Waals surface area (Å²) in [5, 5.41) is 7.67. The normalized spacial score (nSPS) is 10.6. The number of nitrogen functional groups attached to an aromatic ring is 1. The van der Waals surface area contributed by atoms with E-state index < -0.39 is 0 Å². The number of hydrogen-bond donors (Lipinski definition) is 2. The van der Waals surface area contributed by atoms with E-state index in [0.29, 0.717) is 10.8 Å². The van der Waals surface area contributed by atoms with Crippen LogP contribution in [-0.2, 0) is 0 Å². The van der Waals surface area contributed by atoms with Crippen molar-refractivity contribution >= 4 is 17.4 Å². The van der Waals surface area contributed by atoms with E-state index >= 15 is 0 Å². The number of halogens is 1. The van der Waals surface area contributed by atoms with Gasteiger partial charge in [-0.3, -0.25) is 10.1 Å². The zero-order valence-corrected chi connectivity index (χ0v) is 10.7. The summed E-state index contributed by atoms with van der Waals surface area (Å²) in [6, 6.07) is 11.4. The molecule has 0 saturated carbocycles. The Morgan fingerprint density at radius 2 is 1.95 bits per heavy atom. The quantitative estimate of drug-likeness (QED) is 0.750. The lowest BCUT2D eigenvalue weighted by molar-refractivity contribution is 1.10. The summed E-state index contributed by atoms with van der Waals surface area (Å²) in [5.41, 5.74) is 9.34. The molecule has 94 valence electrons. The first-order chi connectivity index (χ1) is 9.27. The van der Waals surface area contributed by atoms with E-state index in [0.717, 1.165) is 22.4 Å². The maximum atomic E-state index is 6.22. The summed E-state index contributed by atoms with van der Waals surface area (Å²) < 4.78 is 0. The fourth-order valence-electron chi connectivity index (χ4n) is 2.02. The first kappa shape index (κ1) is 11.7. The van der Waals surface area contributed by atoms with E-state index in [1.54, 1.807) is 12.4 Å². The molecule has 0 bridgehead atoms. The van der Waals surface area contributed by atoms with Crippen molar-refractivity contribution < 1.29 is 0 Å². The molecule has 0 radical (unpaired) electrons. The van der Waals surface area contributed by atoms with Crippen LogP contribution in [-0.4, -0.2) is 15.2 Å². The molecular weight excluding hydrogens is 260 g/mol. The molecule has 0 aliphatic heterocycles. The lowest BCUT2D eigenvalue weighted by Crippen LogP contribution is -1.89. The molecule has 4 nitrogen and oxygen atoms in total. The van der Waals surface area contributed by atoms with Crippen LogP contribution in [0.25, 0.3) is 22.4 Å². The summed E-state index contributed by atoms with van der Waals surface area (Å²) in [4.78, 5) is 4.11. The standard InChI is InChI=1S/C14H11ClN4/c15-11-6-2-1-5-10(11)13-12(14(16)19-18-13)9-4-3-7-17-8-9/h1-8H,(H3,16,18,19).